The minimum absolute atomic E-state index is 0.0122. The zero-order valence-electron chi connectivity index (χ0n) is 22.4. The zero-order chi connectivity index (χ0) is 28.7. The first-order valence-electron chi connectivity index (χ1n) is 13.2. The van der Waals surface area contributed by atoms with Gasteiger partial charge in [-0.25, -0.2) is 0 Å². The van der Waals surface area contributed by atoms with Crippen molar-refractivity contribution >= 4 is 16.6 Å². The van der Waals surface area contributed by atoms with Gasteiger partial charge in [0.1, 0.15) is 41.7 Å². The number of nitrogens with one attached hydrogen (secondary N) is 1. The number of aromatic hydroxyl groups is 1. The Morgan fingerprint density at radius 1 is 1.05 bits per heavy atom. The van der Waals surface area contributed by atoms with E-state index in [-0.39, 0.29) is 35.3 Å². The van der Waals surface area contributed by atoms with Gasteiger partial charge in [-0.3, -0.25) is 4.79 Å². The SMILES string of the molecule is CCc1c[nH]cc1[C@H]1CC#CCC(=O)c2c(C)cc3cc(OC)cc(c3c2O)O[C@H]2O[C@@H]([C@@H](O)[C@H](O)[C@H]2O)[C@@H]1O. The average Bonchev–Trinajstić information content (AvgIpc) is 3.40. The number of ether oxygens (including phenoxy) is 3. The number of aryl methyl sites for hydroxylation is 2. The van der Waals surface area contributed by atoms with Crippen LogP contribution in [-0.2, 0) is 11.2 Å². The van der Waals surface area contributed by atoms with Gasteiger partial charge in [-0.15, -0.1) is 5.92 Å². The van der Waals surface area contributed by atoms with Crippen LogP contribution in [0.2, 0.25) is 0 Å². The van der Waals surface area contributed by atoms with Gasteiger partial charge in [0.25, 0.3) is 0 Å². The number of aliphatic hydroxyl groups is 4. The smallest absolute Gasteiger partial charge is 0.229 e. The van der Waals surface area contributed by atoms with E-state index in [0.29, 0.717) is 23.1 Å². The summed E-state index contributed by atoms with van der Waals surface area (Å²) in [5.41, 5.74) is 2.29. The highest BCUT2D eigenvalue weighted by atomic mass is 16.7. The Hall–Kier alpha value is -3.59. The molecule has 5 rings (SSSR count). The molecule has 0 spiro atoms. The van der Waals surface area contributed by atoms with Crippen molar-refractivity contribution in [1.29, 1.82) is 0 Å². The molecule has 1 fully saturated rings. The van der Waals surface area contributed by atoms with Crippen molar-refractivity contribution in [3.8, 4) is 29.1 Å². The summed E-state index contributed by atoms with van der Waals surface area (Å²) in [7, 11) is 1.45. The van der Waals surface area contributed by atoms with Crippen LogP contribution in [0.5, 0.6) is 17.2 Å². The Kier molecular flexibility index (Phi) is 7.77. The second kappa shape index (κ2) is 11.1. The molecule has 0 radical (unpaired) electrons. The van der Waals surface area contributed by atoms with Crippen molar-refractivity contribution in [2.75, 3.05) is 7.11 Å². The van der Waals surface area contributed by atoms with E-state index >= 15 is 0 Å². The first-order valence-corrected chi connectivity index (χ1v) is 13.2. The molecular weight excluding hydrogens is 518 g/mol. The summed E-state index contributed by atoms with van der Waals surface area (Å²) in [6.45, 7) is 3.67. The van der Waals surface area contributed by atoms with Crippen LogP contribution in [0.25, 0.3) is 10.8 Å². The number of benzene rings is 2. The van der Waals surface area contributed by atoms with Crippen LogP contribution in [0.15, 0.2) is 30.6 Å². The predicted molar refractivity (Wildman–Crippen MR) is 144 cm³/mol. The van der Waals surface area contributed by atoms with E-state index in [1.54, 1.807) is 25.3 Å². The quantitative estimate of drug-likeness (QED) is 0.268. The maximum Gasteiger partial charge on any atom is 0.229 e. The summed E-state index contributed by atoms with van der Waals surface area (Å²) in [5, 5.41) is 56.0. The number of carbonyl (C=O) groups is 1. The van der Waals surface area contributed by atoms with E-state index < -0.39 is 48.5 Å². The predicted octanol–water partition coefficient (Wildman–Crippen LogP) is 2.06. The van der Waals surface area contributed by atoms with Crippen LogP contribution in [0.4, 0.5) is 0 Å². The van der Waals surface area contributed by atoms with Gasteiger partial charge in [0.2, 0.25) is 6.29 Å². The van der Waals surface area contributed by atoms with Gasteiger partial charge < -0.3 is 44.7 Å². The van der Waals surface area contributed by atoms with E-state index in [4.69, 9.17) is 14.2 Å². The molecule has 6 N–H and O–H groups in total. The van der Waals surface area contributed by atoms with Crippen LogP contribution in [0, 0.1) is 18.8 Å². The Bertz CT molecular complexity index is 1490. The van der Waals surface area contributed by atoms with Crippen molar-refractivity contribution in [3.05, 3.63) is 52.8 Å². The maximum atomic E-state index is 13.2. The number of aromatic amines is 1. The lowest BCUT2D eigenvalue weighted by Crippen LogP contribution is -2.62. The van der Waals surface area contributed by atoms with Gasteiger partial charge >= 0.3 is 0 Å². The molecule has 1 aromatic heterocycles. The Morgan fingerprint density at radius 2 is 1.82 bits per heavy atom. The number of hydrogen-bond donors (Lipinski definition) is 6. The van der Waals surface area contributed by atoms with E-state index in [0.717, 1.165) is 11.1 Å². The molecule has 3 heterocycles. The van der Waals surface area contributed by atoms with Gasteiger partial charge in [-0.05, 0) is 41.5 Å². The molecule has 1 saturated heterocycles. The van der Waals surface area contributed by atoms with Crippen LogP contribution in [0.1, 0.15) is 52.7 Å². The number of H-pyrrole nitrogens is 1. The molecule has 2 aliphatic heterocycles. The topological polar surface area (TPSA) is 162 Å². The first-order chi connectivity index (χ1) is 19.2. The average molecular weight is 552 g/mol. The third-order valence-electron chi connectivity index (χ3n) is 7.80. The minimum atomic E-state index is -1.72. The number of aliphatic hydroxyl groups excluding tert-OH is 4. The second-order valence-corrected chi connectivity index (χ2v) is 10.2. The molecule has 40 heavy (non-hydrogen) atoms. The van der Waals surface area contributed by atoms with E-state index in [2.05, 4.69) is 16.8 Å². The summed E-state index contributed by atoms with van der Waals surface area (Å²) in [4.78, 5) is 16.3. The Morgan fingerprint density at radius 3 is 2.55 bits per heavy atom. The highest BCUT2D eigenvalue weighted by Gasteiger charge is 2.49. The van der Waals surface area contributed by atoms with Crippen LogP contribution in [-0.4, -0.2) is 80.2 Å². The monoisotopic (exact) mass is 551 g/mol. The summed E-state index contributed by atoms with van der Waals surface area (Å²) in [6, 6.07) is 4.83. The van der Waals surface area contributed by atoms with Gasteiger partial charge in [0.05, 0.1) is 30.6 Å². The third-order valence-corrected chi connectivity index (χ3v) is 7.80. The minimum Gasteiger partial charge on any atom is -0.506 e. The molecule has 2 aromatic carbocycles. The molecule has 0 amide bonds. The summed E-state index contributed by atoms with van der Waals surface area (Å²) >= 11 is 0. The van der Waals surface area contributed by atoms with Gasteiger partial charge in [0, 0.05) is 30.8 Å². The molecule has 0 unspecified atom stereocenters. The lowest BCUT2D eigenvalue weighted by atomic mass is 9.82. The number of Topliss-reactive ketones (excluding diaryl/α,β-unsaturated/α-hetero) is 1. The molecule has 3 aromatic rings. The molecule has 10 heteroatoms. The van der Waals surface area contributed by atoms with Crippen LogP contribution >= 0.6 is 0 Å². The zero-order valence-corrected chi connectivity index (χ0v) is 22.4. The number of methoxy groups -OCH3 is 1. The van der Waals surface area contributed by atoms with Gasteiger partial charge in [-0.1, -0.05) is 18.9 Å². The van der Waals surface area contributed by atoms with Crippen molar-refractivity contribution < 1.29 is 44.5 Å². The molecule has 2 aliphatic rings. The van der Waals surface area contributed by atoms with Gasteiger partial charge in [-0.2, -0.15) is 0 Å². The maximum absolute atomic E-state index is 13.2. The normalized spacial score (nSPS) is 28.8. The van der Waals surface area contributed by atoms with E-state index in [1.807, 2.05) is 13.1 Å². The van der Waals surface area contributed by atoms with Crippen LogP contribution < -0.4 is 9.47 Å². The fourth-order valence-corrected chi connectivity index (χ4v) is 5.65. The van der Waals surface area contributed by atoms with E-state index in [9.17, 15) is 30.3 Å². The Labute approximate surface area is 231 Å². The molecule has 0 aliphatic carbocycles. The lowest BCUT2D eigenvalue weighted by Gasteiger charge is -2.43. The number of carbonyl (C=O) groups excluding carboxylic acids is 1. The number of fused-ring (bicyclic) bond motifs is 3. The number of hydrogen-bond acceptors (Lipinski definition) is 9. The third kappa shape index (κ3) is 4.80. The fourth-order valence-electron chi connectivity index (χ4n) is 5.65. The summed E-state index contributed by atoms with van der Waals surface area (Å²) in [6.07, 6.45) is -5.23. The van der Waals surface area contributed by atoms with Crippen LogP contribution in [0.3, 0.4) is 0 Å². The standard InChI is InChI=1S/C30H33NO9/c1-4-15-12-31-13-19(15)18-7-5-6-8-20(32)22-14(2)9-16-10-17(38-3)11-21(23(16)25(22)34)39-30-28(37)26(35)27(36)29(40-30)24(18)33/h9-13,18,24,26-31,33-37H,4,7-8H2,1-3H3/t18-,24-,26+,27+,28-,29-,30+/m1/s1. The van der Waals surface area contributed by atoms with Crippen molar-refractivity contribution in [3.63, 3.8) is 0 Å². The lowest BCUT2D eigenvalue weighted by molar-refractivity contribution is -0.289. The van der Waals surface area contributed by atoms with Crippen molar-refractivity contribution in [2.45, 2.75) is 75.8 Å². The number of aromatic nitrogens is 1. The summed E-state index contributed by atoms with van der Waals surface area (Å²) < 4.78 is 17.4. The number of phenols is 1. The largest absolute Gasteiger partial charge is 0.506 e. The van der Waals surface area contributed by atoms with Crippen molar-refractivity contribution in [2.24, 2.45) is 0 Å². The number of ketones is 1. The molecule has 4 bridgehead atoms. The first kappa shape index (κ1) is 28.0. The van der Waals surface area contributed by atoms with Crippen molar-refractivity contribution in [1.82, 2.24) is 4.98 Å². The fraction of sp³-hybridized carbons (Fsp3) is 0.433. The number of rotatable bonds is 3. The molecule has 10 nitrogen and oxygen atoms in total. The van der Waals surface area contributed by atoms with Gasteiger partial charge in [0.15, 0.2) is 5.78 Å². The van der Waals surface area contributed by atoms with E-state index in [1.165, 1.54) is 13.2 Å². The highest BCUT2D eigenvalue weighted by Crippen LogP contribution is 2.43. The highest BCUT2D eigenvalue weighted by molar-refractivity contribution is 6.08. The molecule has 212 valence electrons. The number of phenolic OH excluding ortho intramolecular Hbond substituents is 1. The molecule has 7 atom stereocenters. The summed E-state index contributed by atoms with van der Waals surface area (Å²) in [5.74, 6) is 4.83. The molecular formula is C30H33NO9. The Balaban J connectivity index is 1.69. The molecule has 0 saturated carbocycles. The second-order valence-electron chi connectivity index (χ2n) is 10.2.